The van der Waals surface area contributed by atoms with Gasteiger partial charge in [-0.15, -0.1) is 11.8 Å². The molecule has 2 aliphatic rings. The quantitative estimate of drug-likeness (QED) is 0.647. The summed E-state index contributed by atoms with van der Waals surface area (Å²) in [5, 5.41) is 17.7. The van der Waals surface area contributed by atoms with Crippen LogP contribution in [0.25, 0.3) is 10.9 Å². The van der Waals surface area contributed by atoms with Crippen LogP contribution in [-0.4, -0.2) is 55.9 Å². The van der Waals surface area contributed by atoms with E-state index in [-0.39, 0.29) is 29.4 Å². The lowest BCUT2D eigenvalue weighted by Crippen LogP contribution is -2.70. The number of nitrogens with one attached hydrogen (secondary N) is 2. The first-order valence-electron chi connectivity index (χ1n) is 8.21. The number of thioether (sulfide) groups is 1. The molecule has 3 heterocycles. The summed E-state index contributed by atoms with van der Waals surface area (Å²) < 4.78 is 4.26. The minimum absolute atomic E-state index is 0.0114. The van der Waals surface area contributed by atoms with Crippen molar-refractivity contribution >= 4 is 57.7 Å². The number of hydrogen-bond acceptors (Lipinski definition) is 7. The summed E-state index contributed by atoms with van der Waals surface area (Å²) in [6.45, 7) is 1.71. The van der Waals surface area contributed by atoms with E-state index in [4.69, 9.17) is 0 Å². The van der Waals surface area contributed by atoms with Crippen molar-refractivity contribution in [2.75, 3.05) is 17.6 Å². The molecule has 3 N–H and O–H groups in total. The van der Waals surface area contributed by atoms with Crippen LogP contribution in [0, 0.1) is 0 Å². The largest absolute Gasteiger partial charge is 0.477 e. The van der Waals surface area contributed by atoms with E-state index in [0.717, 1.165) is 16.6 Å². The molecule has 0 spiro atoms. The monoisotopic (exact) mass is 404 g/mol. The van der Waals surface area contributed by atoms with E-state index in [9.17, 15) is 19.5 Å². The van der Waals surface area contributed by atoms with E-state index in [1.807, 2.05) is 23.6 Å². The molecule has 2 aromatic rings. The van der Waals surface area contributed by atoms with Crippen molar-refractivity contribution in [3.63, 3.8) is 0 Å². The molecule has 1 aromatic carbocycles. The molecular formula is C17H16N4O4S2. The minimum atomic E-state index is -1.12. The minimum Gasteiger partial charge on any atom is -0.477 e. The maximum Gasteiger partial charge on any atom is 0.352 e. The first-order valence-corrected chi connectivity index (χ1v) is 10.1. The number of carboxylic acid groups (broad SMARTS) is 1. The smallest absolute Gasteiger partial charge is 0.352 e. The van der Waals surface area contributed by atoms with Gasteiger partial charge in [-0.3, -0.25) is 14.5 Å². The normalized spacial score (nSPS) is 21.7. The predicted octanol–water partition coefficient (Wildman–Crippen LogP) is 1.47. The highest BCUT2D eigenvalue weighted by Crippen LogP contribution is 2.40. The average Bonchev–Trinajstić information content (AvgIpc) is 3.11. The molecule has 8 nitrogen and oxygen atoms in total. The molecule has 1 aromatic heterocycles. The van der Waals surface area contributed by atoms with Crippen LogP contribution in [0.2, 0.25) is 0 Å². The molecule has 0 radical (unpaired) electrons. The Morgan fingerprint density at radius 2 is 2.22 bits per heavy atom. The number of amides is 2. The molecule has 1 saturated heterocycles. The number of nitrogens with zero attached hydrogens (tertiary/aromatic N) is 2. The lowest BCUT2D eigenvalue weighted by atomic mass is 10.0. The molecule has 2 amide bonds. The standard InChI is InChI=1S/C17H16N4O4S2/c1-8-6-26-16-13(15(23)21(16)14(8)17(24)25)19-12(22)5-18-10-3-2-9-7-27-20-11(9)4-10/h2-4,7,13,16,18H,5-6H2,1H3,(H,19,22)(H,24,25)/t13?,16-/m0/s1. The number of hydrogen-bond donors (Lipinski definition) is 3. The van der Waals surface area contributed by atoms with Crippen molar-refractivity contribution in [1.29, 1.82) is 0 Å². The van der Waals surface area contributed by atoms with Crippen LogP contribution in [-0.2, 0) is 14.4 Å². The van der Waals surface area contributed by atoms with Gasteiger partial charge in [-0.2, -0.15) is 4.37 Å². The first kappa shape index (κ1) is 17.8. The second kappa shape index (κ2) is 6.86. The van der Waals surface area contributed by atoms with Crippen LogP contribution in [0.5, 0.6) is 0 Å². The van der Waals surface area contributed by atoms with Crippen LogP contribution in [0.4, 0.5) is 5.69 Å². The van der Waals surface area contributed by atoms with Gasteiger partial charge in [-0.25, -0.2) is 4.79 Å². The van der Waals surface area contributed by atoms with Crippen molar-refractivity contribution < 1.29 is 19.5 Å². The summed E-state index contributed by atoms with van der Waals surface area (Å²) in [6.07, 6.45) is 0. The third-order valence-corrected chi connectivity index (χ3v) is 6.58. The predicted molar refractivity (Wildman–Crippen MR) is 103 cm³/mol. The lowest BCUT2D eigenvalue weighted by Gasteiger charge is -2.49. The molecule has 0 bridgehead atoms. The van der Waals surface area contributed by atoms with Gasteiger partial charge < -0.3 is 15.7 Å². The number of aromatic nitrogens is 1. The van der Waals surface area contributed by atoms with Gasteiger partial charge in [0.25, 0.3) is 5.91 Å². The lowest BCUT2D eigenvalue weighted by molar-refractivity contribution is -0.150. The fraction of sp³-hybridized carbons (Fsp3) is 0.294. The Hall–Kier alpha value is -2.59. The summed E-state index contributed by atoms with van der Waals surface area (Å²) in [4.78, 5) is 37.3. The van der Waals surface area contributed by atoms with Crippen molar-refractivity contribution in [2.24, 2.45) is 0 Å². The average molecular weight is 404 g/mol. The van der Waals surface area contributed by atoms with Crippen LogP contribution >= 0.6 is 23.3 Å². The highest BCUT2D eigenvalue weighted by molar-refractivity contribution is 8.00. The summed E-state index contributed by atoms with van der Waals surface area (Å²) in [5.74, 6) is -1.31. The SMILES string of the molecule is CC1=C(C(=O)O)N2C(=O)C(NC(=O)CNc3ccc4csnc4c3)[C@@H]2SC1. The first-order chi connectivity index (χ1) is 13.0. The highest BCUT2D eigenvalue weighted by Gasteiger charge is 2.53. The summed E-state index contributed by atoms with van der Waals surface area (Å²) in [7, 11) is 0. The van der Waals surface area contributed by atoms with Crippen LogP contribution in [0.1, 0.15) is 6.92 Å². The second-order valence-corrected chi connectivity index (χ2v) is 8.06. The number of rotatable bonds is 5. The number of benzene rings is 1. The molecule has 0 aliphatic carbocycles. The van der Waals surface area contributed by atoms with Gasteiger partial charge in [-0.1, -0.05) is 0 Å². The maximum absolute atomic E-state index is 12.4. The topological polar surface area (TPSA) is 112 Å². The van der Waals surface area contributed by atoms with Crippen LogP contribution in [0.3, 0.4) is 0 Å². The molecule has 0 saturated carbocycles. The fourth-order valence-corrected chi connectivity index (χ4v) is 5.08. The third-order valence-electron chi connectivity index (χ3n) is 4.49. The molecule has 140 valence electrons. The highest BCUT2D eigenvalue weighted by atomic mass is 32.2. The number of carbonyl (C=O) groups is 3. The molecule has 1 fully saturated rings. The Kier molecular flexibility index (Phi) is 4.52. The van der Waals surface area contributed by atoms with Crippen LogP contribution in [0.15, 0.2) is 34.8 Å². The maximum atomic E-state index is 12.4. The summed E-state index contributed by atoms with van der Waals surface area (Å²) in [5.41, 5.74) is 2.31. The molecular weight excluding hydrogens is 388 g/mol. The third kappa shape index (κ3) is 3.15. The molecule has 2 aliphatic heterocycles. The van der Waals surface area contributed by atoms with Gasteiger partial charge >= 0.3 is 5.97 Å². The summed E-state index contributed by atoms with van der Waals surface area (Å²) in [6, 6.07) is 4.95. The van der Waals surface area contributed by atoms with Crippen molar-refractivity contribution in [3.8, 4) is 0 Å². The van der Waals surface area contributed by atoms with Gasteiger partial charge in [0.1, 0.15) is 17.1 Å². The zero-order valence-electron chi connectivity index (χ0n) is 14.3. The molecule has 10 heteroatoms. The Morgan fingerprint density at radius 3 is 3.00 bits per heavy atom. The van der Waals surface area contributed by atoms with Crippen LogP contribution < -0.4 is 10.6 Å². The van der Waals surface area contributed by atoms with Gasteiger partial charge in [-0.05, 0) is 42.2 Å². The Morgan fingerprint density at radius 1 is 1.41 bits per heavy atom. The second-order valence-electron chi connectivity index (χ2n) is 6.33. The molecule has 2 atom stereocenters. The number of carbonyl (C=O) groups excluding carboxylic acids is 2. The fourth-order valence-electron chi connectivity index (χ4n) is 3.15. The zero-order chi connectivity index (χ0) is 19.1. The van der Waals surface area contributed by atoms with E-state index in [0.29, 0.717) is 11.3 Å². The molecule has 27 heavy (non-hydrogen) atoms. The Balaban J connectivity index is 1.36. The van der Waals surface area contributed by atoms with E-state index in [1.165, 1.54) is 28.2 Å². The molecule has 1 unspecified atom stereocenters. The van der Waals surface area contributed by atoms with Gasteiger partial charge in [0, 0.05) is 22.2 Å². The number of fused-ring (bicyclic) bond motifs is 2. The number of anilines is 1. The van der Waals surface area contributed by atoms with Crippen molar-refractivity contribution in [1.82, 2.24) is 14.6 Å². The number of carboxylic acids is 1. The van der Waals surface area contributed by atoms with Crippen molar-refractivity contribution in [2.45, 2.75) is 18.3 Å². The van der Waals surface area contributed by atoms with Gasteiger partial charge in [0.2, 0.25) is 5.91 Å². The van der Waals surface area contributed by atoms with E-state index < -0.39 is 12.0 Å². The van der Waals surface area contributed by atoms with E-state index in [2.05, 4.69) is 15.0 Å². The van der Waals surface area contributed by atoms with E-state index in [1.54, 1.807) is 6.92 Å². The van der Waals surface area contributed by atoms with Crippen molar-refractivity contribution in [3.05, 3.63) is 34.8 Å². The van der Waals surface area contributed by atoms with E-state index >= 15 is 0 Å². The Labute approximate surface area is 162 Å². The zero-order valence-corrected chi connectivity index (χ0v) is 15.9. The van der Waals surface area contributed by atoms with Gasteiger partial charge in [0.15, 0.2) is 0 Å². The number of aliphatic carboxylic acids is 1. The summed E-state index contributed by atoms with van der Waals surface area (Å²) >= 11 is 2.83. The van der Waals surface area contributed by atoms with Gasteiger partial charge in [0.05, 0.1) is 12.1 Å². The molecule has 4 rings (SSSR count). The number of β-lactam (4-membered cyclic amide) rings is 1. The Bertz CT molecular complexity index is 986.